The van der Waals surface area contributed by atoms with Gasteiger partial charge >= 0.3 is 0 Å². The number of benzene rings is 2. The summed E-state index contributed by atoms with van der Waals surface area (Å²) in [7, 11) is -3.91. The first-order chi connectivity index (χ1) is 11.8. The Balaban J connectivity index is 1.70. The summed E-state index contributed by atoms with van der Waals surface area (Å²) < 4.78 is 45.2. The van der Waals surface area contributed by atoms with E-state index in [1.807, 2.05) is 0 Å². The molecule has 2 N–H and O–H groups in total. The first kappa shape index (κ1) is 17.3. The van der Waals surface area contributed by atoms with Crippen LogP contribution in [0.15, 0.2) is 53.4 Å². The summed E-state index contributed by atoms with van der Waals surface area (Å²) in [5.74, 6) is -0.277. The van der Waals surface area contributed by atoms with Gasteiger partial charge in [0, 0.05) is 0 Å². The van der Waals surface area contributed by atoms with Crippen LogP contribution in [0, 0.1) is 5.82 Å². The van der Waals surface area contributed by atoms with Crippen molar-refractivity contribution in [1.82, 2.24) is 9.79 Å². The van der Waals surface area contributed by atoms with Gasteiger partial charge in [-0.15, -0.1) is 0 Å². The molecule has 7 nitrogen and oxygen atoms in total. The summed E-state index contributed by atoms with van der Waals surface area (Å²) in [6.45, 7) is 0.0798. The monoisotopic (exact) mass is 366 g/mol. The van der Waals surface area contributed by atoms with Gasteiger partial charge in [0.2, 0.25) is 10.0 Å². The Morgan fingerprint density at radius 1 is 1.08 bits per heavy atom. The highest BCUT2D eigenvalue weighted by atomic mass is 32.2. The summed E-state index contributed by atoms with van der Waals surface area (Å²) in [6.07, 6.45) is 0.195. The van der Waals surface area contributed by atoms with Crippen LogP contribution >= 0.6 is 0 Å². The zero-order valence-corrected chi connectivity index (χ0v) is 13.7. The molecule has 2 aromatic carbocycles. The van der Waals surface area contributed by atoms with Gasteiger partial charge < -0.3 is 4.74 Å². The van der Waals surface area contributed by atoms with Gasteiger partial charge in [-0.1, -0.05) is 0 Å². The third kappa shape index (κ3) is 3.95. The average molecular weight is 366 g/mol. The number of rotatable bonds is 5. The average Bonchev–Trinajstić information content (AvgIpc) is 2.89. The molecule has 1 heterocycles. The lowest BCUT2D eigenvalue weighted by molar-refractivity contribution is -0.158. The van der Waals surface area contributed by atoms with Crippen LogP contribution < -0.4 is 9.46 Å². The highest BCUT2D eigenvalue weighted by Crippen LogP contribution is 2.23. The summed E-state index contributed by atoms with van der Waals surface area (Å²) >= 11 is 0. The van der Waals surface area contributed by atoms with E-state index in [0.29, 0.717) is 16.6 Å². The molecule has 0 saturated carbocycles. The van der Waals surface area contributed by atoms with Crippen molar-refractivity contribution >= 4 is 15.9 Å². The van der Waals surface area contributed by atoms with Crippen LogP contribution in [-0.2, 0) is 14.8 Å². The van der Waals surface area contributed by atoms with E-state index in [1.54, 1.807) is 0 Å². The topological polar surface area (TPSA) is 95.9 Å². The summed E-state index contributed by atoms with van der Waals surface area (Å²) in [6, 6.07) is 9.99. The number of carbonyl (C=O) groups is 1. The van der Waals surface area contributed by atoms with Gasteiger partial charge in [0.15, 0.2) is 0 Å². The molecular formula is C16H15FN2O5S. The second kappa shape index (κ2) is 6.79. The van der Waals surface area contributed by atoms with E-state index < -0.39 is 22.0 Å². The van der Waals surface area contributed by atoms with Crippen molar-refractivity contribution < 1.29 is 27.5 Å². The number of nitrogens with zero attached hydrogens (tertiary/aromatic N) is 1. The Hall–Kier alpha value is -2.49. The molecule has 1 aliphatic rings. The molecule has 1 aliphatic heterocycles. The molecule has 25 heavy (non-hydrogen) atoms. The van der Waals surface area contributed by atoms with E-state index >= 15 is 0 Å². The number of hydroxylamine groups is 2. The van der Waals surface area contributed by atoms with Gasteiger partial charge in [0.1, 0.15) is 23.4 Å². The molecule has 0 radical (unpaired) electrons. The van der Waals surface area contributed by atoms with Gasteiger partial charge in [-0.2, -0.15) is 4.72 Å². The first-order valence-corrected chi connectivity index (χ1v) is 8.89. The van der Waals surface area contributed by atoms with Crippen LogP contribution in [0.2, 0.25) is 0 Å². The Bertz CT molecular complexity index is 868. The Morgan fingerprint density at radius 3 is 2.16 bits per heavy atom. The van der Waals surface area contributed by atoms with Crippen LogP contribution in [0.5, 0.6) is 11.5 Å². The minimum Gasteiger partial charge on any atom is -0.457 e. The molecule has 3 rings (SSSR count). The van der Waals surface area contributed by atoms with Crippen molar-refractivity contribution in [2.45, 2.75) is 17.4 Å². The largest absolute Gasteiger partial charge is 0.457 e. The number of amides is 1. The zero-order chi connectivity index (χ0) is 18.0. The van der Waals surface area contributed by atoms with E-state index in [-0.39, 0.29) is 23.7 Å². The number of nitrogens with one attached hydrogen (secondary N) is 1. The number of hydrogen-bond acceptors (Lipinski definition) is 5. The van der Waals surface area contributed by atoms with Gasteiger partial charge in [0.05, 0.1) is 11.4 Å². The van der Waals surface area contributed by atoms with Gasteiger partial charge in [-0.25, -0.2) is 17.9 Å². The maximum absolute atomic E-state index is 12.9. The Morgan fingerprint density at radius 2 is 1.64 bits per heavy atom. The number of carbonyl (C=O) groups excluding carboxylic acids is 1. The van der Waals surface area contributed by atoms with Crippen LogP contribution in [-0.4, -0.2) is 37.2 Å². The SMILES string of the molecule is O=C1[C@H](NS(=O)(=O)c2ccc(Oc3ccc(F)cc3)cc2)CCN1O. The standard InChI is InChI=1S/C16H15FN2O5S/c17-11-1-3-12(4-2-11)24-13-5-7-14(8-6-13)25(22,23)18-15-9-10-19(21)16(15)20/h1-8,15,18,21H,9-10H2/t15-/m1/s1. The molecule has 0 unspecified atom stereocenters. The predicted molar refractivity (Wildman–Crippen MR) is 85.1 cm³/mol. The van der Waals surface area contributed by atoms with Crippen LogP contribution in [0.4, 0.5) is 4.39 Å². The van der Waals surface area contributed by atoms with Crippen molar-refractivity contribution in [3.8, 4) is 11.5 Å². The predicted octanol–water partition coefficient (Wildman–Crippen LogP) is 1.89. The molecule has 0 bridgehead atoms. The zero-order valence-electron chi connectivity index (χ0n) is 12.9. The van der Waals surface area contributed by atoms with E-state index in [1.165, 1.54) is 48.5 Å². The number of hydrogen-bond donors (Lipinski definition) is 2. The van der Waals surface area contributed by atoms with E-state index in [9.17, 15) is 22.8 Å². The van der Waals surface area contributed by atoms with E-state index in [2.05, 4.69) is 4.72 Å². The lowest BCUT2D eigenvalue weighted by atomic mass is 10.3. The quantitative estimate of drug-likeness (QED) is 0.788. The maximum Gasteiger partial charge on any atom is 0.264 e. The molecule has 2 aromatic rings. The third-order valence-electron chi connectivity index (χ3n) is 3.66. The minimum atomic E-state index is -3.91. The molecule has 0 aromatic heterocycles. The van der Waals surface area contributed by atoms with Crippen LogP contribution in [0.3, 0.4) is 0 Å². The first-order valence-electron chi connectivity index (χ1n) is 7.41. The molecule has 1 amide bonds. The smallest absolute Gasteiger partial charge is 0.264 e. The fraction of sp³-hybridized carbons (Fsp3) is 0.188. The fourth-order valence-corrected chi connectivity index (χ4v) is 3.58. The number of ether oxygens (including phenoxy) is 1. The van der Waals surface area contributed by atoms with Crippen molar-refractivity contribution in [2.75, 3.05) is 6.54 Å². The summed E-state index contributed by atoms with van der Waals surface area (Å²) in [4.78, 5) is 11.6. The third-order valence-corrected chi connectivity index (χ3v) is 5.15. The second-order valence-electron chi connectivity index (χ2n) is 5.45. The summed E-state index contributed by atoms with van der Waals surface area (Å²) in [5.41, 5.74) is 0. The van der Waals surface area contributed by atoms with E-state index in [0.717, 1.165) is 0 Å². The lowest BCUT2D eigenvalue weighted by Crippen LogP contribution is -2.40. The molecular weight excluding hydrogens is 351 g/mol. The van der Waals surface area contributed by atoms with Gasteiger partial charge in [-0.05, 0) is 55.0 Å². The molecule has 1 atom stereocenters. The molecule has 0 spiro atoms. The Kier molecular flexibility index (Phi) is 4.71. The Labute approximate surface area is 143 Å². The number of halogens is 1. The van der Waals surface area contributed by atoms with Crippen molar-refractivity contribution in [2.24, 2.45) is 0 Å². The fourth-order valence-electron chi connectivity index (χ4n) is 2.36. The van der Waals surface area contributed by atoms with Crippen molar-refractivity contribution in [3.63, 3.8) is 0 Å². The second-order valence-corrected chi connectivity index (χ2v) is 7.17. The molecule has 0 aliphatic carbocycles. The van der Waals surface area contributed by atoms with Crippen molar-refractivity contribution in [3.05, 3.63) is 54.3 Å². The van der Waals surface area contributed by atoms with Crippen molar-refractivity contribution in [1.29, 1.82) is 0 Å². The summed E-state index contributed by atoms with van der Waals surface area (Å²) in [5, 5.41) is 9.73. The van der Waals surface area contributed by atoms with Crippen LogP contribution in [0.1, 0.15) is 6.42 Å². The van der Waals surface area contributed by atoms with Gasteiger partial charge in [0.25, 0.3) is 5.91 Å². The minimum absolute atomic E-state index is 0.0388. The highest BCUT2D eigenvalue weighted by molar-refractivity contribution is 7.89. The number of sulfonamides is 1. The maximum atomic E-state index is 12.9. The molecule has 9 heteroatoms. The molecule has 132 valence electrons. The molecule has 1 fully saturated rings. The normalized spacial score (nSPS) is 17.8. The van der Waals surface area contributed by atoms with Gasteiger partial charge in [-0.3, -0.25) is 10.0 Å². The lowest BCUT2D eigenvalue weighted by Gasteiger charge is -2.12. The highest BCUT2D eigenvalue weighted by Gasteiger charge is 2.34. The van der Waals surface area contributed by atoms with Crippen LogP contribution in [0.25, 0.3) is 0 Å². The van der Waals surface area contributed by atoms with E-state index in [4.69, 9.17) is 4.74 Å². The molecule has 1 saturated heterocycles.